The lowest BCUT2D eigenvalue weighted by Gasteiger charge is -2.35. The molecular formula is C23H31N3O2S2. The van der Waals surface area contributed by atoms with Crippen LogP contribution in [-0.2, 0) is 22.9 Å². The molecule has 1 saturated heterocycles. The number of anilines is 1. The van der Waals surface area contributed by atoms with Gasteiger partial charge in [0.05, 0.1) is 4.90 Å². The summed E-state index contributed by atoms with van der Waals surface area (Å²) in [4.78, 5) is 5.50. The van der Waals surface area contributed by atoms with Gasteiger partial charge in [-0.2, -0.15) is 15.6 Å². The molecule has 1 aromatic heterocycles. The lowest BCUT2D eigenvalue weighted by Crippen LogP contribution is -2.48. The molecule has 2 fully saturated rings. The SMILES string of the molecule is O=S(=O)(c1ccsc1)N1CCN(c2ccc3c(c2)CCN(C2CCCC2)CC3)CC1. The Morgan fingerprint density at radius 2 is 1.60 bits per heavy atom. The zero-order chi connectivity index (χ0) is 20.6. The van der Waals surface area contributed by atoms with Gasteiger partial charge >= 0.3 is 0 Å². The molecule has 0 radical (unpaired) electrons. The highest BCUT2D eigenvalue weighted by atomic mass is 32.2. The van der Waals surface area contributed by atoms with Crippen molar-refractivity contribution in [2.24, 2.45) is 0 Å². The zero-order valence-electron chi connectivity index (χ0n) is 17.5. The second-order valence-electron chi connectivity index (χ2n) is 8.78. The topological polar surface area (TPSA) is 43.9 Å². The summed E-state index contributed by atoms with van der Waals surface area (Å²) in [6, 6.07) is 9.44. The van der Waals surface area contributed by atoms with Gasteiger partial charge in [0.2, 0.25) is 10.0 Å². The minimum atomic E-state index is -3.35. The molecule has 0 amide bonds. The Bertz CT molecular complexity index is 960. The van der Waals surface area contributed by atoms with Crippen LogP contribution in [-0.4, -0.2) is 62.9 Å². The molecule has 5 rings (SSSR count). The van der Waals surface area contributed by atoms with E-state index < -0.39 is 10.0 Å². The maximum absolute atomic E-state index is 12.8. The van der Waals surface area contributed by atoms with Crippen molar-refractivity contribution in [3.8, 4) is 0 Å². The van der Waals surface area contributed by atoms with Crippen molar-refractivity contribution >= 4 is 27.0 Å². The fourth-order valence-corrected chi connectivity index (χ4v) is 7.73. The number of thiophene rings is 1. The van der Waals surface area contributed by atoms with Gasteiger partial charge in [-0.05, 0) is 60.4 Å². The number of benzene rings is 1. The molecule has 0 N–H and O–H groups in total. The van der Waals surface area contributed by atoms with Crippen LogP contribution in [0.4, 0.5) is 5.69 Å². The summed E-state index contributed by atoms with van der Waals surface area (Å²) < 4.78 is 27.2. The number of hydrogen-bond donors (Lipinski definition) is 0. The monoisotopic (exact) mass is 445 g/mol. The number of piperazine rings is 1. The molecule has 7 heteroatoms. The summed E-state index contributed by atoms with van der Waals surface area (Å²) >= 11 is 1.43. The summed E-state index contributed by atoms with van der Waals surface area (Å²) in [6.45, 7) is 4.95. The summed E-state index contributed by atoms with van der Waals surface area (Å²) in [6.07, 6.45) is 7.82. The van der Waals surface area contributed by atoms with Gasteiger partial charge < -0.3 is 4.90 Å². The second-order valence-corrected chi connectivity index (χ2v) is 11.5. The lowest BCUT2D eigenvalue weighted by atomic mass is 10.0. The highest BCUT2D eigenvalue weighted by Crippen LogP contribution is 2.29. The highest BCUT2D eigenvalue weighted by Gasteiger charge is 2.29. The van der Waals surface area contributed by atoms with Crippen molar-refractivity contribution in [3.05, 3.63) is 46.2 Å². The molecule has 162 valence electrons. The number of rotatable bonds is 4. The highest BCUT2D eigenvalue weighted by molar-refractivity contribution is 7.89. The van der Waals surface area contributed by atoms with Gasteiger partial charge in [-0.3, -0.25) is 4.90 Å². The Hall–Kier alpha value is -1.41. The predicted octanol–water partition coefficient (Wildman–Crippen LogP) is 3.60. The molecule has 0 spiro atoms. The van der Waals surface area contributed by atoms with Crippen LogP contribution in [0.5, 0.6) is 0 Å². The first-order chi connectivity index (χ1) is 14.6. The summed E-state index contributed by atoms with van der Waals surface area (Å²) in [5.74, 6) is 0. The summed E-state index contributed by atoms with van der Waals surface area (Å²) in [7, 11) is -3.35. The van der Waals surface area contributed by atoms with Crippen LogP contribution in [0.25, 0.3) is 0 Å². The maximum Gasteiger partial charge on any atom is 0.244 e. The van der Waals surface area contributed by atoms with Crippen LogP contribution in [0.15, 0.2) is 39.9 Å². The standard InChI is InChI=1S/C23H31N3O2S2/c27-30(28,23-9-16-29-18-23)26-14-12-25(13-15-26)22-6-5-19-7-10-24(11-8-20(19)17-22)21-3-1-2-4-21/h5-6,9,16-18,21H,1-4,7-8,10-15H2. The van der Waals surface area contributed by atoms with Gasteiger partial charge in [0.15, 0.2) is 0 Å². The molecule has 5 nitrogen and oxygen atoms in total. The van der Waals surface area contributed by atoms with Gasteiger partial charge in [0, 0.05) is 56.4 Å². The van der Waals surface area contributed by atoms with E-state index in [-0.39, 0.29) is 0 Å². The van der Waals surface area contributed by atoms with E-state index in [0.717, 1.165) is 32.0 Å². The van der Waals surface area contributed by atoms with Crippen LogP contribution in [0.2, 0.25) is 0 Å². The Kier molecular flexibility index (Phi) is 5.88. The number of sulfonamides is 1. The van der Waals surface area contributed by atoms with Gasteiger partial charge in [-0.25, -0.2) is 8.42 Å². The van der Waals surface area contributed by atoms with Gasteiger partial charge in [-0.1, -0.05) is 18.9 Å². The first-order valence-electron chi connectivity index (χ1n) is 11.2. The van der Waals surface area contributed by atoms with Crippen molar-refractivity contribution in [2.75, 3.05) is 44.2 Å². The third kappa shape index (κ3) is 4.05. The molecule has 0 atom stereocenters. The lowest BCUT2D eigenvalue weighted by molar-refractivity contribution is 0.208. The molecule has 1 aromatic carbocycles. The average molecular weight is 446 g/mol. The molecule has 3 heterocycles. The van der Waals surface area contributed by atoms with Crippen molar-refractivity contribution < 1.29 is 8.42 Å². The fraction of sp³-hybridized carbons (Fsp3) is 0.565. The quantitative estimate of drug-likeness (QED) is 0.721. The zero-order valence-corrected chi connectivity index (χ0v) is 19.1. The molecule has 1 saturated carbocycles. The van der Waals surface area contributed by atoms with Crippen LogP contribution >= 0.6 is 11.3 Å². The van der Waals surface area contributed by atoms with Crippen molar-refractivity contribution in [1.29, 1.82) is 0 Å². The van der Waals surface area contributed by atoms with E-state index in [2.05, 4.69) is 28.0 Å². The minimum absolute atomic E-state index is 0.429. The van der Waals surface area contributed by atoms with E-state index in [9.17, 15) is 8.42 Å². The molecule has 2 aromatic rings. The average Bonchev–Trinajstić information content (AvgIpc) is 3.46. The first kappa shape index (κ1) is 20.5. The molecule has 2 aliphatic heterocycles. The predicted molar refractivity (Wildman–Crippen MR) is 123 cm³/mol. The Balaban J connectivity index is 1.24. The first-order valence-corrected chi connectivity index (χ1v) is 13.6. The van der Waals surface area contributed by atoms with E-state index >= 15 is 0 Å². The van der Waals surface area contributed by atoms with E-state index in [4.69, 9.17) is 0 Å². The molecular weight excluding hydrogens is 414 g/mol. The van der Waals surface area contributed by atoms with E-state index in [1.54, 1.807) is 15.8 Å². The minimum Gasteiger partial charge on any atom is -0.369 e. The molecule has 3 aliphatic rings. The summed E-state index contributed by atoms with van der Waals surface area (Å²) in [5, 5.41) is 3.55. The van der Waals surface area contributed by atoms with E-state index in [1.807, 2.05) is 5.38 Å². The van der Waals surface area contributed by atoms with E-state index in [1.165, 1.54) is 66.9 Å². The van der Waals surface area contributed by atoms with Crippen LogP contribution in [0.3, 0.4) is 0 Å². The van der Waals surface area contributed by atoms with Crippen LogP contribution < -0.4 is 4.90 Å². The largest absolute Gasteiger partial charge is 0.369 e. The second kappa shape index (κ2) is 8.61. The van der Waals surface area contributed by atoms with Crippen molar-refractivity contribution in [2.45, 2.75) is 49.5 Å². The molecule has 1 aliphatic carbocycles. The number of hydrogen-bond acceptors (Lipinski definition) is 5. The Labute approximate surface area is 184 Å². The van der Waals surface area contributed by atoms with Crippen LogP contribution in [0.1, 0.15) is 36.8 Å². The van der Waals surface area contributed by atoms with Gasteiger partial charge in [0.25, 0.3) is 0 Å². The number of fused-ring (bicyclic) bond motifs is 1. The molecule has 0 bridgehead atoms. The smallest absolute Gasteiger partial charge is 0.244 e. The van der Waals surface area contributed by atoms with Crippen molar-refractivity contribution in [1.82, 2.24) is 9.21 Å². The van der Waals surface area contributed by atoms with E-state index in [0.29, 0.717) is 18.0 Å². The Morgan fingerprint density at radius 1 is 0.867 bits per heavy atom. The van der Waals surface area contributed by atoms with Crippen molar-refractivity contribution in [3.63, 3.8) is 0 Å². The normalized spacial score (nSPS) is 22.2. The number of nitrogens with zero attached hydrogens (tertiary/aromatic N) is 3. The summed E-state index contributed by atoms with van der Waals surface area (Å²) in [5.41, 5.74) is 4.23. The van der Waals surface area contributed by atoms with Gasteiger partial charge in [0.1, 0.15) is 0 Å². The molecule has 30 heavy (non-hydrogen) atoms. The molecule has 0 unspecified atom stereocenters. The van der Waals surface area contributed by atoms with Crippen LogP contribution in [0, 0.1) is 0 Å². The maximum atomic E-state index is 12.8. The fourth-order valence-electron chi connectivity index (χ4n) is 5.29. The Morgan fingerprint density at radius 3 is 2.30 bits per heavy atom. The third-order valence-electron chi connectivity index (χ3n) is 7.10. The van der Waals surface area contributed by atoms with Gasteiger partial charge in [-0.15, -0.1) is 0 Å². The third-order valence-corrected chi connectivity index (χ3v) is 9.83.